The van der Waals surface area contributed by atoms with E-state index in [4.69, 9.17) is 4.74 Å². The van der Waals surface area contributed by atoms with Crippen LogP contribution < -0.4 is 0 Å². The van der Waals surface area contributed by atoms with Crippen LogP contribution in [0.15, 0.2) is 35.5 Å². The Hall–Kier alpha value is -2.17. The fourth-order valence-corrected chi connectivity index (χ4v) is 5.12. The third-order valence-electron chi connectivity index (χ3n) is 7.09. The van der Waals surface area contributed by atoms with Crippen LogP contribution in [-0.2, 0) is 19.1 Å². The summed E-state index contributed by atoms with van der Waals surface area (Å²) in [5.41, 5.74) is 1.35. The van der Waals surface area contributed by atoms with Crippen LogP contribution in [0.5, 0.6) is 0 Å². The monoisotopic (exact) mass is 430 g/mol. The first-order chi connectivity index (χ1) is 14.7. The standard InChI is InChI=1S/C26H38O5/c1-5-6-7-8-9-10-11-18(2)25(30)31-23-15-14-22(24(28)29)26(4)16-20(19(3)17-27)12-13-21(23)26/h11,13,17,20,22-23H,3,5-10,12,14-16H2,1-2,4H3,(H,28,29)/b18-11+/t20-,22+,23+,26-/m0/s1. The van der Waals surface area contributed by atoms with Crippen molar-refractivity contribution < 1.29 is 24.2 Å². The number of fused-ring (bicyclic) bond motifs is 1. The first kappa shape index (κ1) is 25.1. The van der Waals surface area contributed by atoms with Crippen LogP contribution in [0.4, 0.5) is 0 Å². The molecule has 0 amide bonds. The number of hydrogen-bond acceptors (Lipinski definition) is 4. The molecule has 0 aromatic rings. The van der Waals surface area contributed by atoms with Crippen LogP contribution in [0.25, 0.3) is 0 Å². The van der Waals surface area contributed by atoms with E-state index in [0.29, 0.717) is 36.8 Å². The van der Waals surface area contributed by atoms with E-state index >= 15 is 0 Å². The molecule has 0 bridgehead atoms. The molecule has 1 saturated carbocycles. The van der Waals surface area contributed by atoms with E-state index in [1.54, 1.807) is 6.92 Å². The van der Waals surface area contributed by atoms with Crippen molar-refractivity contribution in [3.63, 3.8) is 0 Å². The molecule has 0 aliphatic heterocycles. The van der Waals surface area contributed by atoms with Gasteiger partial charge in [-0.2, -0.15) is 0 Å². The summed E-state index contributed by atoms with van der Waals surface area (Å²) in [6, 6.07) is 0. The zero-order valence-corrected chi connectivity index (χ0v) is 19.3. The lowest BCUT2D eigenvalue weighted by Gasteiger charge is -2.48. The number of ether oxygens (including phenoxy) is 1. The Morgan fingerprint density at radius 3 is 2.61 bits per heavy atom. The summed E-state index contributed by atoms with van der Waals surface area (Å²) >= 11 is 0. The first-order valence-electron chi connectivity index (χ1n) is 11.7. The van der Waals surface area contributed by atoms with Gasteiger partial charge in [-0.15, -0.1) is 0 Å². The van der Waals surface area contributed by atoms with E-state index < -0.39 is 23.4 Å². The number of aliphatic carboxylic acids is 1. The molecule has 172 valence electrons. The molecule has 1 N–H and O–H groups in total. The minimum Gasteiger partial charge on any atom is -0.481 e. The molecule has 2 aliphatic rings. The highest BCUT2D eigenvalue weighted by molar-refractivity contribution is 5.88. The van der Waals surface area contributed by atoms with E-state index in [0.717, 1.165) is 24.7 Å². The van der Waals surface area contributed by atoms with Crippen LogP contribution in [0.3, 0.4) is 0 Å². The summed E-state index contributed by atoms with van der Waals surface area (Å²) in [5, 5.41) is 9.82. The number of rotatable bonds is 11. The second kappa shape index (κ2) is 11.4. The number of carbonyl (C=O) groups excluding carboxylic acids is 2. The molecular formula is C26H38O5. The number of unbranched alkanes of at least 4 members (excludes halogenated alkanes) is 5. The Balaban J connectivity index is 2.09. The second-order valence-corrected chi connectivity index (χ2v) is 9.36. The van der Waals surface area contributed by atoms with Gasteiger partial charge in [0.1, 0.15) is 12.4 Å². The van der Waals surface area contributed by atoms with E-state index in [9.17, 15) is 19.5 Å². The second-order valence-electron chi connectivity index (χ2n) is 9.36. The predicted octanol–water partition coefficient (Wildman–Crippen LogP) is 5.80. The van der Waals surface area contributed by atoms with E-state index in [2.05, 4.69) is 13.5 Å². The summed E-state index contributed by atoms with van der Waals surface area (Å²) in [6.45, 7) is 9.75. The lowest BCUT2D eigenvalue weighted by Crippen LogP contribution is -2.47. The molecule has 2 rings (SSSR count). The summed E-state index contributed by atoms with van der Waals surface area (Å²) in [4.78, 5) is 35.9. The summed E-state index contributed by atoms with van der Waals surface area (Å²) in [6.07, 6.45) is 13.2. The topological polar surface area (TPSA) is 80.7 Å². The van der Waals surface area contributed by atoms with Gasteiger partial charge in [-0.1, -0.05) is 58.3 Å². The number of aldehydes is 1. The maximum atomic E-state index is 12.7. The van der Waals surface area contributed by atoms with Gasteiger partial charge in [0.05, 0.1) is 5.92 Å². The van der Waals surface area contributed by atoms with Crippen LogP contribution in [-0.4, -0.2) is 29.4 Å². The average Bonchev–Trinajstić information content (AvgIpc) is 2.74. The van der Waals surface area contributed by atoms with E-state index in [-0.39, 0.29) is 11.9 Å². The SMILES string of the molecule is C=C(C=O)[C@H]1CC=C2[C@H](OC(=O)/C(C)=C/CCCCCCC)CC[C@H](C(=O)O)[C@@]2(C)C1. The average molecular weight is 431 g/mol. The summed E-state index contributed by atoms with van der Waals surface area (Å²) < 4.78 is 5.87. The Labute approximate surface area is 186 Å². The molecule has 0 radical (unpaired) electrons. The van der Waals surface area contributed by atoms with E-state index in [1.807, 2.05) is 19.1 Å². The maximum absolute atomic E-state index is 12.7. The number of esters is 1. The number of carboxylic acid groups (broad SMARTS) is 1. The minimum atomic E-state index is -0.838. The van der Waals surface area contributed by atoms with Crippen LogP contribution >= 0.6 is 0 Å². The molecule has 0 unspecified atom stereocenters. The number of hydrogen-bond donors (Lipinski definition) is 1. The van der Waals surface area contributed by atoms with Crippen molar-refractivity contribution in [1.82, 2.24) is 0 Å². The zero-order valence-electron chi connectivity index (χ0n) is 19.3. The van der Waals surface area contributed by atoms with Gasteiger partial charge in [-0.05, 0) is 62.5 Å². The van der Waals surface area contributed by atoms with Crippen molar-refractivity contribution in [3.8, 4) is 0 Å². The Kier molecular flexibility index (Phi) is 9.27. The molecule has 5 heteroatoms. The fraction of sp³-hybridized carbons (Fsp3) is 0.654. The molecule has 0 saturated heterocycles. The van der Waals surface area contributed by atoms with Crippen molar-refractivity contribution in [2.75, 3.05) is 0 Å². The normalized spacial score (nSPS) is 28.3. The quantitative estimate of drug-likeness (QED) is 0.147. The van der Waals surface area contributed by atoms with Crippen LogP contribution in [0.1, 0.15) is 85.0 Å². The van der Waals surface area contributed by atoms with Gasteiger partial charge >= 0.3 is 11.9 Å². The van der Waals surface area contributed by atoms with Crippen LogP contribution in [0, 0.1) is 17.3 Å². The highest BCUT2D eigenvalue weighted by Crippen LogP contribution is 2.54. The molecule has 5 nitrogen and oxygen atoms in total. The molecule has 1 fully saturated rings. The van der Waals surface area contributed by atoms with Crippen molar-refractivity contribution in [1.29, 1.82) is 0 Å². The summed E-state index contributed by atoms with van der Waals surface area (Å²) in [5.74, 6) is -1.79. The molecule has 0 aromatic heterocycles. The number of carbonyl (C=O) groups is 3. The van der Waals surface area contributed by atoms with Crippen molar-refractivity contribution in [3.05, 3.63) is 35.5 Å². The van der Waals surface area contributed by atoms with Gasteiger partial charge < -0.3 is 9.84 Å². The molecule has 2 aliphatic carbocycles. The molecule has 0 spiro atoms. The summed E-state index contributed by atoms with van der Waals surface area (Å²) in [7, 11) is 0. The third-order valence-corrected chi connectivity index (χ3v) is 7.09. The molecule has 31 heavy (non-hydrogen) atoms. The van der Waals surface area contributed by atoms with Crippen molar-refractivity contribution in [2.24, 2.45) is 17.3 Å². The smallest absolute Gasteiger partial charge is 0.333 e. The van der Waals surface area contributed by atoms with E-state index in [1.165, 1.54) is 25.7 Å². The Morgan fingerprint density at radius 2 is 1.97 bits per heavy atom. The lowest BCUT2D eigenvalue weighted by atomic mass is 9.56. The van der Waals surface area contributed by atoms with Gasteiger partial charge in [0.25, 0.3) is 0 Å². The zero-order chi connectivity index (χ0) is 23.0. The van der Waals surface area contributed by atoms with Crippen molar-refractivity contribution >= 4 is 18.2 Å². The molecule has 0 aromatic carbocycles. The highest BCUT2D eigenvalue weighted by atomic mass is 16.5. The first-order valence-corrected chi connectivity index (χ1v) is 11.7. The minimum absolute atomic E-state index is 0.0723. The maximum Gasteiger partial charge on any atom is 0.333 e. The van der Waals surface area contributed by atoms with Gasteiger partial charge in [0.2, 0.25) is 0 Å². The van der Waals surface area contributed by atoms with Gasteiger partial charge in [-0.3, -0.25) is 9.59 Å². The molecular weight excluding hydrogens is 392 g/mol. The van der Waals surface area contributed by atoms with Crippen LogP contribution in [0.2, 0.25) is 0 Å². The Morgan fingerprint density at radius 1 is 1.26 bits per heavy atom. The largest absolute Gasteiger partial charge is 0.481 e. The fourth-order valence-electron chi connectivity index (χ4n) is 5.12. The molecule has 0 heterocycles. The predicted molar refractivity (Wildman–Crippen MR) is 121 cm³/mol. The Bertz CT molecular complexity index is 747. The van der Waals surface area contributed by atoms with Gasteiger partial charge in [0.15, 0.2) is 0 Å². The van der Waals surface area contributed by atoms with Gasteiger partial charge in [0, 0.05) is 11.0 Å². The highest BCUT2D eigenvalue weighted by Gasteiger charge is 2.51. The van der Waals surface area contributed by atoms with Gasteiger partial charge in [-0.25, -0.2) is 4.79 Å². The van der Waals surface area contributed by atoms with Crippen molar-refractivity contribution in [2.45, 2.75) is 91.1 Å². The lowest BCUT2D eigenvalue weighted by molar-refractivity contribution is -0.151. The number of carboxylic acids is 1. The third kappa shape index (κ3) is 6.18. The molecule has 4 atom stereocenters. The number of allylic oxidation sites excluding steroid dienone is 3.